The van der Waals surface area contributed by atoms with Gasteiger partial charge in [-0.1, -0.05) is 34.8 Å². The number of benzene rings is 2. The second kappa shape index (κ2) is 7.27. The molecule has 0 atom stereocenters. The molecule has 2 aromatic carbocycles. The highest BCUT2D eigenvalue weighted by Crippen LogP contribution is 2.28. The van der Waals surface area contributed by atoms with Gasteiger partial charge in [-0.2, -0.15) is 0 Å². The number of rotatable bonds is 4. The molecule has 0 saturated heterocycles. The van der Waals surface area contributed by atoms with Crippen LogP contribution in [0.1, 0.15) is 0 Å². The molecule has 0 aliphatic carbocycles. The third-order valence-corrected chi connectivity index (χ3v) is 4.52. The van der Waals surface area contributed by atoms with Gasteiger partial charge in [-0.05, 0) is 36.4 Å². The molecule has 3 N–H and O–H groups in total. The molecule has 0 heterocycles. The zero-order valence-electron chi connectivity index (χ0n) is 10.7. The molecule has 2 aromatic rings. The third-order valence-electron chi connectivity index (χ3n) is 2.55. The van der Waals surface area contributed by atoms with Crippen LogP contribution >= 0.6 is 46.6 Å². The van der Waals surface area contributed by atoms with Crippen LogP contribution < -0.4 is 11.1 Å². The van der Waals surface area contributed by atoms with Crippen molar-refractivity contribution in [2.45, 2.75) is 4.90 Å². The highest BCUT2D eigenvalue weighted by Gasteiger charge is 2.08. The number of halogens is 3. The first-order valence-corrected chi connectivity index (χ1v) is 8.00. The molecule has 0 bridgehead atoms. The van der Waals surface area contributed by atoms with Crippen LogP contribution in [0.15, 0.2) is 41.3 Å². The van der Waals surface area contributed by atoms with Crippen molar-refractivity contribution < 1.29 is 4.79 Å². The van der Waals surface area contributed by atoms with E-state index in [9.17, 15) is 4.79 Å². The molecule has 21 heavy (non-hydrogen) atoms. The summed E-state index contributed by atoms with van der Waals surface area (Å²) in [5.41, 5.74) is 6.74. The van der Waals surface area contributed by atoms with E-state index < -0.39 is 0 Å². The Morgan fingerprint density at radius 2 is 1.86 bits per heavy atom. The Balaban J connectivity index is 1.95. The summed E-state index contributed by atoms with van der Waals surface area (Å²) in [6.45, 7) is 0. The summed E-state index contributed by atoms with van der Waals surface area (Å²) in [6, 6.07) is 10.1. The van der Waals surface area contributed by atoms with Gasteiger partial charge >= 0.3 is 0 Å². The molecule has 0 saturated carbocycles. The molecule has 0 aliphatic rings. The highest BCUT2D eigenvalue weighted by molar-refractivity contribution is 8.00. The maximum Gasteiger partial charge on any atom is 0.234 e. The Kier molecular flexibility index (Phi) is 5.65. The van der Waals surface area contributed by atoms with Crippen molar-refractivity contribution in [2.75, 3.05) is 16.8 Å². The number of nitrogens with two attached hydrogens (primary N) is 1. The van der Waals surface area contributed by atoms with E-state index in [1.54, 1.807) is 36.4 Å². The van der Waals surface area contributed by atoms with E-state index in [1.807, 2.05) is 0 Å². The molecule has 0 unspecified atom stereocenters. The topological polar surface area (TPSA) is 55.1 Å². The molecule has 0 radical (unpaired) electrons. The fourth-order valence-electron chi connectivity index (χ4n) is 1.54. The van der Waals surface area contributed by atoms with Gasteiger partial charge in [0.2, 0.25) is 5.91 Å². The van der Waals surface area contributed by atoms with Gasteiger partial charge in [0.1, 0.15) is 0 Å². The van der Waals surface area contributed by atoms with Crippen LogP contribution in [-0.2, 0) is 4.79 Å². The van der Waals surface area contributed by atoms with Gasteiger partial charge in [0.05, 0.1) is 27.2 Å². The van der Waals surface area contributed by atoms with Crippen LogP contribution in [-0.4, -0.2) is 11.7 Å². The Bertz CT molecular complexity index is 679. The summed E-state index contributed by atoms with van der Waals surface area (Å²) in [4.78, 5) is 12.8. The first kappa shape index (κ1) is 16.3. The van der Waals surface area contributed by atoms with Crippen molar-refractivity contribution in [3.05, 3.63) is 51.5 Å². The van der Waals surface area contributed by atoms with Gasteiger partial charge in [-0.15, -0.1) is 11.8 Å². The highest BCUT2D eigenvalue weighted by atomic mass is 35.5. The number of carbonyl (C=O) groups excluding carboxylic acids is 1. The van der Waals surface area contributed by atoms with E-state index in [0.717, 1.165) is 4.90 Å². The number of amides is 1. The minimum absolute atomic E-state index is 0.181. The lowest BCUT2D eigenvalue weighted by Gasteiger charge is -2.08. The number of hydrogen-bond acceptors (Lipinski definition) is 3. The summed E-state index contributed by atoms with van der Waals surface area (Å²) >= 11 is 19.0. The van der Waals surface area contributed by atoms with E-state index in [1.165, 1.54) is 11.8 Å². The van der Waals surface area contributed by atoms with Gasteiger partial charge in [0, 0.05) is 9.92 Å². The van der Waals surface area contributed by atoms with Gasteiger partial charge < -0.3 is 11.1 Å². The molecule has 1 amide bonds. The summed E-state index contributed by atoms with van der Waals surface area (Å²) in [5, 5.41) is 4.17. The summed E-state index contributed by atoms with van der Waals surface area (Å²) in [5.74, 6) is 0.0456. The van der Waals surface area contributed by atoms with Crippen molar-refractivity contribution in [1.82, 2.24) is 0 Å². The molecule has 0 aliphatic heterocycles. The number of hydrogen-bond donors (Lipinski definition) is 2. The molecule has 0 aromatic heterocycles. The van der Waals surface area contributed by atoms with Gasteiger partial charge in [0.25, 0.3) is 0 Å². The molecule has 7 heteroatoms. The summed E-state index contributed by atoms with van der Waals surface area (Å²) in [7, 11) is 0. The maximum atomic E-state index is 11.9. The van der Waals surface area contributed by atoms with E-state index in [4.69, 9.17) is 40.5 Å². The second-order valence-corrected chi connectivity index (χ2v) is 6.44. The van der Waals surface area contributed by atoms with Crippen LogP contribution in [0.5, 0.6) is 0 Å². The SMILES string of the molecule is Nc1ccc(Cl)cc1NC(=O)CSc1ccc(Cl)c(Cl)c1. The number of carbonyl (C=O) groups is 1. The minimum atomic E-state index is -0.181. The average Bonchev–Trinajstić information content (AvgIpc) is 2.44. The third kappa shape index (κ3) is 4.71. The van der Waals surface area contributed by atoms with Crippen LogP contribution in [0.4, 0.5) is 11.4 Å². The zero-order chi connectivity index (χ0) is 15.4. The fraction of sp³-hybridized carbons (Fsp3) is 0.0714. The molecule has 0 spiro atoms. The molecule has 3 nitrogen and oxygen atoms in total. The van der Waals surface area contributed by atoms with Crippen molar-refractivity contribution in [3.63, 3.8) is 0 Å². The molecule has 110 valence electrons. The number of thioether (sulfide) groups is 1. The Hall–Kier alpha value is -1.07. The largest absolute Gasteiger partial charge is 0.397 e. The summed E-state index contributed by atoms with van der Waals surface area (Å²) in [6.07, 6.45) is 0. The Labute approximate surface area is 141 Å². The van der Waals surface area contributed by atoms with E-state index in [0.29, 0.717) is 26.4 Å². The number of nitrogen functional groups attached to an aromatic ring is 1. The molecular formula is C14H11Cl3N2OS. The van der Waals surface area contributed by atoms with Gasteiger partial charge in [-0.25, -0.2) is 0 Å². The minimum Gasteiger partial charge on any atom is -0.397 e. The van der Waals surface area contributed by atoms with Crippen molar-refractivity contribution in [3.8, 4) is 0 Å². The number of anilines is 2. The van der Waals surface area contributed by atoms with E-state index in [-0.39, 0.29) is 11.7 Å². The molecule has 0 fully saturated rings. The van der Waals surface area contributed by atoms with Gasteiger partial charge in [-0.3, -0.25) is 4.79 Å². The lowest BCUT2D eigenvalue weighted by atomic mass is 10.2. The van der Waals surface area contributed by atoms with Crippen LogP contribution in [0.3, 0.4) is 0 Å². The first-order chi connectivity index (χ1) is 9.95. The lowest BCUT2D eigenvalue weighted by Crippen LogP contribution is -2.15. The molecular weight excluding hydrogens is 351 g/mol. The molecule has 2 rings (SSSR count). The van der Waals surface area contributed by atoms with Crippen LogP contribution in [0, 0.1) is 0 Å². The zero-order valence-corrected chi connectivity index (χ0v) is 13.8. The Morgan fingerprint density at radius 3 is 2.57 bits per heavy atom. The maximum absolute atomic E-state index is 11.9. The lowest BCUT2D eigenvalue weighted by molar-refractivity contribution is -0.113. The predicted octanol–water partition coefficient (Wildman–Crippen LogP) is 4.96. The quantitative estimate of drug-likeness (QED) is 0.598. The predicted molar refractivity (Wildman–Crippen MR) is 91.7 cm³/mol. The number of nitrogens with one attached hydrogen (secondary N) is 1. The standard InChI is InChI=1S/C14H11Cl3N2OS/c15-8-1-4-12(18)13(5-8)19-14(20)7-21-9-2-3-10(16)11(17)6-9/h1-6H,7,18H2,(H,19,20). The van der Waals surface area contributed by atoms with Crippen LogP contribution in [0.2, 0.25) is 15.1 Å². The smallest absolute Gasteiger partial charge is 0.234 e. The first-order valence-electron chi connectivity index (χ1n) is 5.88. The average molecular weight is 362 g/mol. The van der Waals surface area contributed by atoms with Gasteiger partial charge in [0.15, 0.2) is 0 Å². The fourth-order valence-corrected chi connectivity index (χ4v) is 2.81. The van der Waals surface area contributed by atoms with Crippen molar-refractivity contribution in [1.29, 1.82) is 0 Å². The normalized spacial score (nSPS) is 10.4. The van der Waals surface area contributed by atoms with E-state index in [2.05, 4.69) is 5.32 Å². The summed E-state index contributed by atoms with van der Waals surface area (Å²) < 4.78 is 0. The monoisotopic (exact) mass is 360 g/mol. The van der Waals surface area contributed by atoms with E-state index >= 15 is 0 Å². The Morgan fingerprint density at radius 1 is 1.10 bits per heavy atom. The van der Waals surface area contributed by atoms with Crippen molar-refractivity contribution >= 4 is 63.8 Å². The van der Waals surface area contributed by atoms with Crippen LogP contribution in [0.25, 0.3) is 0 Å². The van der Waals surface area contributed by atoms with Crippen molar-refractivity contribution in [2.24, 2.45) is 0 Å². The second-order valence-electron chi connectivity index (χ2n) is 4.14.